The molecule has 0 spiro atoms. The van der Waals surface area contributed by atoms with E-state index in [2.05, 4.69) is 24.1 Å². The molecule has 0 aromatic rings. The molecule has 0 bridgehead atoms. The van der Waals surface area contributed by atoms with Gasteiger partial charge in [0.2, 0.25) is 0 Å². The first kappa shape index (κ1) is 10.4. The molecule has 1 N–H and O–H groups in total. The Bertz CT molecular complexity index is 183. The molecule has 14 heavy (non-hydrogen) atoms. The molecule has 0 radical (unpaired) electrons. The summed E-state index contributed by atoms with van der Waals surface area (Å²) in [6, 6.07) is 0.765. The number of hydrogen-bond donors (Lipinski definition) is 1. The lowest BCUT2D eigenvalue weighted by Gasteiger charge is -2.36. The highest BCUT2D eigenvalue weighted by molar-refractivity contribution is 4.90. The number of nitrogens with zero attached hydrogens (tertiary/aromatic N) is 1. The van der Waals surface area contributed by atoms with Crippen LogP contribution in [-0.4, -0.2) is 36.1 Å². The fraction of sp³-hybridized carbons (Fsp3) is 1.00. The minimum Gasteiger partial charge on any atom is -0.313 e. The summed E-state index contributed by atoms with van der Waals surface area (Å²) in [5.74, 6) is 0. The summed E-state index contributed by atoms with van der Waals surface area (Å²) in [6.07, 6.45) is 6.94. The molecule has 0 amide bonds. The molecule has 0 aromatic heterocycles. The smallest absolute Gasteiger partial charge is 0.0195 e. The molecule has 0 aliphatic carbocycles. The van der Waals surface area contributed by atoms with Crippen molar-refractivity contribution >= 4 is 0 Å². The Hall–Kier alpha value is -0.0800. The van der Waals surface area contributed by atoms with Gasteiger partial charge in [0.25, 0.3) is 0 Å². The predicted molar refractivity (Wildman–Crippen MR) is 60.5 cm³/mol. The average Bonchev–Trinajstić information content (AvgIpc) is 2.48. The van der Waals surface area contributed by atoms with E-state index in [1.54, 1.807) is 0 Å². The minimum atomic E-state index is 0.457. The van der Waals surface area contributed by atoms with Crippen LogP contribution < -0.4 is 5.32 Å². The Labute approximate surface area is 88.1 Å². The van der Waals surface area contributed by atoms with Crippen molar-refractivity contribution in [2.75, 3.05) is 19.6 Å². The van der Waals surface area contributed by atoms with E-state index in [0.29, 0.717) is 5.54 Å². The molecule has 2 heteroatoms. The first-order chi connectivity index (χ1) is 6.68. The normalized spacial score (nSPS) is 33.4. The number of piperidine rings is 1. The Balaban J connectivity index is 1.83. The third kappa shape index (κ3) is 2.29. The van der Waals surface area contributed by atoms with Crippen LogP contribution in [0.15, 0.2) is 0 Å². The van der Waals surface area contributed by atoms with Gasteiger partial charge in [0.15, 0.2) is 0 Å². The molecule has 2 nitrogen and oxygen atoms in total. The van der Waals surface area contributed by atoms with Crippen LogP contribution in [-0.2, 0) is 0 Å². The number of likely N-dealkylation sites (tertiary alicyclic amines) is 1. The first-order valence-electron chi connectivity index (χ1n) is 6.17. The second kappa shape index (κ2) is 4.19. The lowest BCUT2D eigenvalue weighted by atomic mass is 9.99. The molecule has 2 fully saturated rings. The van der Waals surface area contributed by atoms with E-state index >= 15 is 0 Å². The number of nitrogens with one attached hydrogen (secondary N) is 1. The van der Waals surface area contributed by atoms with Gasteiger partial charge < -0.3 is 5.32 Å². The zero-order chi connectivity index (χ0) is 10.0. The standard InChI is InChI=1S/C12H24N2/c1-12(2)7-5-9-14(12)10-11-6-3-4-8-13-11/h11,13H,3-10H2,1-2H3. The van der Waals surface area contributed by atoms with E-state index in [-0.39, 0.29) is 0 Å². The van der Waals surface area contributed by atoms with Gasteiger partial charge in [-0.3, -0.25) is 4.90 Å². The van der Waals surface area contributed by atoms with Crippen LogP contribution in [0.2, 0.25) is 0 Å². The fourth-order valence-electron chi connectivity index (χ4n) is 2.85. The second-order valence-electron chi connectivity index (χ2n) is 5.51. The van der Waals surface area contributed by atoms with Gasteiger partial charge in [0, 0.05) is 18.1 Å². The molecule has 2 rings (SSSR count). The maximum absolute atomic E-state index is 3.64. The Morgan fingerprint density at radius 3 is 2.71 bits per heavy atom. The van der Waals surface area contributed by atoms with Crippen molar-refractivity contribution in [1.29, 1.82) is 0 Å². The summed E-state index contributed by atoms with van der Waals surface area (Å²) in [6.45, 7) is 8.60. The van der Waals surface area contributed by atoms with Gasteiger partial charge in [-0.1, -0.05) is 6.42 Å². The summed E-state index contributed by atoms with van der Waals surface area (Å²) in [4.78, 5) is 2.68. The van der Waals surface area contributed by atoms with Gasteiger partial charge in [-0.25, -0.2) is 0 Å². The van der Waals surface area contributed by atoms with E-state index in [1.807, 2.05) is 0 Å². The topological polar surface area (TPSA) is 15.3 Å². The van der Waals surface area contributed by atoms with Gasteiger partial charge in [-0.05, 0) is 52.6 Å². The largest absolute Gasteiger partial charge is 0.313 e. The van der Waals surface area contributed by atoms with Gasteiger partial charge in [-0.15, -0.1) is 0 Å². The van der Waals surface area contributed by atoms with Crippen LogP contribution in [0, 0.1) is 0 Å². The highest BCUT2D eigenvalue weighted by Gasteiger charge is 2.33. The van der Waals surface area contributed by atoms with E-state index in [4.69, 9.17) is 0 Å². The maximum atomic E-state index is 3.64. The zero-order valence-corrected chi connectivity index (χ0v) is 9.68. The Morgan fingerprint density at radius 1 is 1.29 bits per heavy atom. The molecule has 82 valence electrons. The van der Waals surface area contributed by atoms with Crippen molar-refractivity contribution in [2.45, 2.75) is 57.5 Å². The van der Waals surface area contributed by atoms with E-state index in [9.17, 15) is 0 Å². The van der Waals surface area contributed by atoms with E-state index in [0.717, 1.165) is 6.04 Å². The van der Waals surface area contributed by atoms with E-state index in [1.165, 1.54) is 51.7 Å². The highest BCUT2D eigenvalue weighted by Crippen LogP contribution is 2.28. The molecule has 2 saturated heterocycles. The Morgan fingerprint density at radius 2 is 2.14 bits per heavy atom. The first-order valence-corrected chi connectivity index (χ1v) is 6.17. The van der Waals surface area contributed by atoms with Crippen LogP contribution in [0.4, 0.5) is 0 Å². The molecule has 1 unspecified atom stereocenters. The van der Waals surface area contributed by atoms with Crippen LogP contribution in [0.3, 0.4) is 0 Å². The number of hydrogen-bond acceptors (Lipinski definition) is 2. The molecule has 0 aromatic carbocycles. The molecule has 1 atom stereocenters. The third-order valence-corrected chi connectivity index (χ3v) is 3.93. The van der Waals surface area contributed by atoms with Gasteiger partial charge >= 0.3 is 0 Å². The van der Waals surface area contributed by atoms with Crippen molar-refractivity contribution in [2.24, 2.45) is 0 Å². The lowest BCUT2D eigenvalue weighted by molar-refractivity contribution is 0.148. The van der Waals surface area contributed by atoms with Crippen molar-refractivity contribution in [1.82, 2.24) is 10.2 Å². The molecule has 0 saturated carbocycles. The quantitative estimate of drug-likeness (QED) is 0.727. The zero-order valence-electron chi connectivity index (χ0n) is 9.68. The van der Waals surface area contributed by atoms with Crippen molar-refractivity contribution in [3.63, 3.8) is 0 Å². The molecular weight excluding hydrogens is 172 g/mol. The van der Waals surface area contributed by atoms with Crippen LogP contribution in [0.25, 0.3) is 0 Å². The minimum absolute atomic E-state index is 0.457. The highest BCUT2D eigenvalue weighted by atomic mass is 15.2. The van der Waals surface area contributed by atoms with Crippen LogP contribution in [0.5, 0.6) is 0 Å². The van der Waals surface area contributed by atoms with Gasteiger partial charge in [-0.2, -0.15) is 0 Å². The van der Waals surface area contributed by atoms with Gasteiger partial charge in [0.1, 0.15) is 0 Å². The lowest BCUT2D eigenvalue weighted by Crippen LogP contribution is -2.48. The number of rotatable bonds is 2. The van der Waals surface area contributed by atoms with E-state index < -0.39 is 0 Å². The van der Waals surface area contributed by atoms with Crippen molar-refractivity contribution < 1.29 is 0 Å². The summed E-state index contributed by atoms with van der Waals surface area (Å²) in [5.41, 5.74) is 0.457. The van der Waals surface area contributed by atoms with Crippen LogP contribution in [0.1, 0.15) is 46.0 Å². The van der Waals surface area contributed by atoms with Crippen LogP contribution >= 0.6 is 0 Å². The summed E-state index contributed by atoms with van der Waals surface area (Å²) in [5, 5.41) is 3.64. The molecule has 2 aliphatic rings. The van der Waals surface area contributed by atoms with Crippen molar-refractivity contribution in [3.05, 3.63) is 0 Å². The Kier molecular flexibility index (Phi) is 3.13. The van der Waals surface area contributed by atoms with Gasteiger partial charge in [0.05, 0.1) is 0 Å². The third-order valence-electron chi connectivity index (χ3n) is 3.93. The summed E-state index contributed by atoms with van der Waals surface area (Å²) in [7, 11) is 0. The van der Waals surface area contributed by atoms with Crippen molar-refractivity contribution in [3.8, 4) is 0 Å². The SMILES string of the molecule is CC1(C)CCCN1CC1CCCCN1. The second-order valence-corrected chi connectivity index (χ2v) is 5.51. The molecular formula is C12H24N2. The summed E-state index contributed by atoms with van der Waals surface area (Å²) < 4.78 is 0. The average molecular weight is 196 g/mol. The molecule has 2 aliphatic heterocycles. The summed E-state index contributed by atoms with van der Waals surface area (Å²) >= 11 is 0. The predicted octanol–water partition coefficient (Wildman–Crippen LogP) is 2.00. The molecule has 2 heterocycles. The maximum Gasteiger partial charge on any atom is 0.0195 e. The monoisotopic (exact) mass is 196 g/mol. The fourth-order valence-corrected chi connectivity index (χ4v) is 2.85.